The van der Waals surface area contributed by atoms with E-state index in [4.69, 9.17) is 10.6 Å². The van der Waals surface area contributed by atoms with Crippen LogP contribution < -0.4 is 11.3 Å². The van der Waals surface area contributed by atoms with Crippen molar-refractivity contribution in [3.05, 3.63) is 17.5 Å². The van der Waals surface area contributed by atoms with Crippen LogP contribution in [0, 0.1) is 12.8 Å². The van der Waals surface area contributed by atoms with E-state index in [1.807, 2.05) is 18.7 Å². The molecule has 1 aliphatic rings. The van der Waals surface area contributed by atoms with E-state index in [2.05, 4.69) is 16.6 Å². The first-order chi connectivity index (χ1) is 7.22. The smallest absolute Gasteiger partial charge is 0.0679 e. The third-order valence-electron chi connectivity index (χ3n) is 2.97. The molecule has 0 bridgehead atoms. The molecule has 1 saturated heterocycles. The molecule has 5 heteroatoms. The first-order valence-corrected chi connectivity index (χ1v) is 5.26. The van der Waals surface area contributed by atoms with Crippen molar-refractivity contribution in [2.45, 2.75) is 19.4 Å². The molecule has 0 radical (unpaired) electrons. The lowest BCUT2D eigenvalue weighted by Gasteiger charge is -2.21. The van der Waals surface area contributed by atoms with Gasteiger partial charge in [-0.05, 0) is 19.4 Å². The molecule has 0 aliphatic carbocycles. The van der Waals surface area contributed by atoms with Crippen molar-refractivity contribution in [1.82, 2.24) is 15.2 Å². The number of aromatic nitrogens is 2. The second kappa shape index (κ2) is 4.30. The Kier molecular flexibility index (Phi) is 3.04. The Morgan fingerprint density at radius 3 is 3.00 bits per heavy atom. The molecule has 0 saturated carbocycles. The van der Waals surface area contributed by atoms with E-state index in [1.165, 1.54) is 0 Å². The Morgan fingerprint density at radius 2 is 2.53 bits per heavy atom. The second-order valence-electron chi connectivity index (χ2n) is 4.10. The number of nitrogens with two attached hydrogens (primary N) is 1. The zero-order valence-corrected chi connectivity index (χ0v) is 9.23. The van der Waals surface area contributed by atoms with Gasteiger partial charge in [0, 0.05) is 19.6 Å². The molecule has 2 heterocycles. The van der Waals surface area contributed by atoms with Crippen LogP contribution in [0.15, 0.2) is 6.07 Å². The third kappa shape index (κ3) is 2.04. The number of hydrogen-bond donors (Lipinski definition) is 2. The lowest BCUT2D eigenvalue weighted by atomic mass is 9.96. The van der Waals surface area contributed by atoms with E-state index in [-0.39, 0.29) is 6.04 Å². The van der Waals surface area contributed by atoms with Gasteiger partial charge in [-0.2, -0.15) is 5.10 Å². The van der Waals surface area contributed by atoms with Crippen molar-refractivity contribution in [3.8, 4) is 0 Å². The van der Waals surface area contributed by atoms with Gasteiger partial charge in [-0.15, -0.1) is 0 Å². The number of rotatable bonds is 3. The molecule has 0 spiro atoms. The van der Waals surface area contributed by atoms with E-state index >= 15 is 0 Å². The number of nitrogens with zero attached hydrogens (tertiary/aromatic N) is 2. The average Bonchev–Trinajstić information content (AvgIpc) is 2.79. The second-order valence-corrected chi connectivity index (χ2v) is 4.10. The van der Waals surface area contributed by atoms with E-state index in [0.29, 0.717) is 5.92 Å². The van der Waals surface area contributed by atoms with Gasteiger partial charge >= 0.3 is 0 Å². The van der Waals surface area contributed by atoms with Crippen LogP contribution in [0.5, 0.6) is 0 Å². The van der Waals surface area contributed by atoms with E-state index in [1.54, 1.807) is 0 Å². The van der Waals surface area contributed by atoms with E-state index < -0.39 is 0 Å². The number of hydrogen-bond acceptors (Lipinski definition) is 4. The highest BCUT2D eigenvalue weighted by Gasteiger charge is 2.28. The Hall–Kier alpha value is -0.910. The summed E-state index contributed by atoms with van der Waals surface area (Å²) in [5.41, 5.74) is 5.02. The summed E-state index contributed by atoms with van der Waals surface area (Å²) in [6.45, 7) is 3.60. The van der Waals surface area contributed by atoms with Crippen molar-refractivity contribution in [1.29, 1.82) is 0 Å². The zero-order chi connectivity index (χ0) is 10.8. The monoisotopic (exact) mass is 210 g/mol. The third-order valence-corrected chi connectivity index (χ3v) is 2.97. The normalized spacial score (nSPS) is 23.3. The van der Waals surface area contributed by atoms with Crippen LogP contribution in [0.2, 0.25) is 0 Å². The minimum atomic E-state index is 0.138. The first-order valence-electron chi connectivity index (χ1n) is 5.26. The predicted molar refractivity (Wildman–Crippen MR) is 56.9 cm³/mol. The van der Waals surface area contributed by atoms with Crippen molar-refractivity contribution in [2.75, 3.05) is 13.2 Å². The molecule has 0 amide bonds. The summed E-state index contributed by atoms with van der Waals surface area (Å²) in [6.07, 6.45) is 1.05. The van der Waals surface area contributed by atoms with Gasteiger partial charge in [0.25, 0.3) is 0 Å². The van der Waals surface area contributed by atoms with E-state index in [9.17, 15) is 0 Å². The van der Waals surface area contributed by atoms with Gasteiger partial charge in [0.1, 0.15) is 0 Å². The van der Waals surface area contributed by atoms with Gasteiger partial charge in [-0.1, -0.05) is 0 Å². The lowest BCUT2D eigenvalue weighted by molar-refractivity contribution is 0.175. The molecule has 2 atom stereocenters. The Morgan fingerprint density at radius 1 is 1.73 bits per heavy atom. The van der Waals surface area contributed by atoms with Crippen molar-refractivity contribution in [2.24, 2.45) is 18.8 Å². The molecule has 0 aromatic carbocycles. The summed E-state index contributed by atoms with van der Waals surface area (Å²) in [7, 11) is 1.95. The molecule has 84 valence electrons. The van der Waals surface area contributed by atoms with Crippen LogP contribution in [0.4, 0.5) is 0 Å². The minimum absolute atomic E-state index is 0.138. The standard InChI is InChI=1S/C10H18N4O/c1-7-5-9(14(2)13-7)10(12-11)8-3-4-15-6-8/h5,8,10,12H,3-4,6,11H2,1-2H3. The SMILES string of the molecule is Cc1cc(C(NN)C2CCOC2)n(C)n1. The maximum Gasteiger partial charge on any atom is 0.0679 e. The molecule has 1 aromatic heterocycles. The summed E-state index contributed by atoms with van der Waals surface area (Å²) in [6, 6.07) is 2.21. The molecular formula is C10H18N4O. The topological polar surface area (TPSA) is 65.1 Å². The van der Waals surface area contributed by atoms with Crippen LogP contribution in [-0.4, -0.2) is 23.0 Å². The molecule has 1 fully saturated rings. The summed E-state index contributed by atoms with van der Waals surface area (Å²) in [4.78, 5) is 0. The number of nitrogens with one attached hydrogen (secondary N) is 1. The van der Waals surface area contributed by atoms with Gasteiger partial charge in [0.2, 0.25) is 0 Å². The Labute approximate surface area is 89.6 Å². The highest BCUT2D eigenvalue weighted by molar-refractivity contribution is 5.14. The van der Waals surface area contributed by atoms with Crippen LogP contribution >= 0.6 is 0 Å². The fraction of sp³-hybridized carbons (Fsp3) is 0.700. The summed E-state index contributed by atoms with van der Waals surface area (Å²) in [5.74, 6) is 6.06. The number of ether oxygens (including phenoxy) is 1. The first kappa shape index (κ1) is 10.6. The largest absolute Gasteiger partial charge is 0.381 e. The quantitative estimate of drug-likeness (QED) is 0.555. The van der Waals surface area contributed by atoms with Crippen LogP contribution in [0.1, 0.15) is 23.9 Å². The van der Waals surface area contributed by atoms with Crippen molar-refractivity contribution < 1.29 is 4.74 Å². The minimum Gasteiger partial charge on any atom is -0.381 e. The van der Waals surface area contributed by atoms with Crippen molar-refractivity contribution in [3.63, 3.8) is 0 Å². The van der Waals surface area contributed by atoms with Gasteiger partial charge in [-0.3, -0.25) is 16.0 Å². The molecule has 2 unspecified atom stereocenters. The van der Waals surface area contributed by atoms with E-state index in [0.717, 1.165) is 31.0 Å². The Bertz CT molecular complexity index is 330. The van der Waals surface area contributed by atoms with Crippen LogP contribution in [0.25, 0.3) is 0 Å². The lowest BCUT2D eigenvalue weighted by Crippen LogP contribution is -2.35. The zero-order valence-electron chi connectivity index (χ0n) is 9.23. The predicted octanol–water partition coefficient (Wildman–Crippen LogP) is 0.269. The van der Waals surface area contributed by atoms with Crippen LogP contribution in [-0.2, 0) is 11.8 Å². The van der Waals surface area contributed by atoms with Crippen molar-refractivity contribution >= 4 is 0 Å². The summed E-state index contributed by atoms with van der Waals surface area (Å²) >= 11 is 0. The highest BCUT2D eigenvalue weighted by Crippen LogP contribution is 2.28. The maximum atomic E-state index is 5.62. The summed E-state index contributed by atoms with van der Waals surface area (Å²) < 4.78 is 7.27. The molecule has 1 aliphatic heterocycles. The van der Waals surface area contributed by atoms with Gasteiger partial charge in [-0.25, -0.2) is 0 Å². The molecule has 5 nitrogen and oxygen atoms in total. The van der Waals surface area contributed by atoms with Gasteiger partial charge < -0.3 is 4.74 Å². The molecule has 15 heavy (non-hydrogen) atoms. The average molecular weight is 210 g/mol. The molecule has 2 rings (SSSR count). The molecule has 3 N–H and O–H groups in total. The Balaban J connectivity index is 2.21. The number of hydrazine groups is 1. The molecular weight excluding hydrogens is 192 g/mol. The van der Waals surface area contributed by atoms with Crippen LogP contribution in [0.3, 0.4) is 0 Å². The molecule has 1 aromatic rings. The summed E-state index contributed by atoms with van der Waals surface area (Å²) in [5, 5.41) is 4.33. The van der Waals surface area contributed by atoms with Gasteiger partial charge in [0.05, 0.1) is 24.0 Å². The fourth-order valence-corrected chi connectivity index (χ4v) is 2.20. The highest BCUT2D eigenvalue weighted by atomic mass is 16.5. The number of aryl methyl sites for hydroxylation is 2. The van der Waals surface area contributed by atoms with Gasteiger partial charge in [0.15, 0.2) is 0 Å². The fourth-order valence-electron chi connectivity index (χ4n) is 2.20. The maximum absolute atomic E-state index is 5.62.